The molecule has 6 nitrogen and oxygen atoms in total. The summed E-state index contributed by atoms with van der Waals surface area (Å²) in [6.07, 6.45) is 5.14. The maximum Gasteiger partial charge on any atom is 0.270 e. The third-order valence-corrected chi connectivity index (χ3v) is 4.00. The minimum absolute atomic E-state index is 0.0975. The van der Waals surface area contributed by atoms with Crippen LogP contribution in [0.1, 0.15) is 41.3 Å². The van der Waals surface area contributed by atoms with Crippen LogP contribution in [0.4, 0.5) is 5.82 Å². The molecule has 0 bridgehead atoms. The monoisotopic (exact) mass is 325 g/mol. The average molecular weight is 325 g/mol. The smallest absolute Gasteiger partial charge is 0.270 e. The zero-order valence-corrected chi connectivity index (χ0v) is 14.4. The minimum atomic E-state index is -0.0975. The maximum atomic E-state index is 12.2. The van der Waals surface area contributed by atoms with E-state index in [4.69, 9.17) is 4.98 Å². The van der Waals surface area contributed by atoms with E-state index in [-0.39, 0.29) is 5.91 Å². The third-order valence-electron chi connectivity index (χ3n) is 4.00. The van der Waals surface area contributed by atoms with Crippen LogP contribution in [-0.2, 0) is 19.4 Å². The van der Waals surface area contributed by atoms with Crippen molar-refractivity contribution in [1.82, 2.24) is 20.3 Å². The first-order valence-electron chi connectivity index (χ1n) is 8.32. The normalized spacial score (nSPS) is 13.6. The van der Waals surface area contributed by atoms with E-state index in [1.54, 1.807) is 6.20 Å². The molecule has 0 radical (unpaired) electrons. The Bertz CT molecular complexity index is 730. The number of rotatable bonds is 5. The molecule has 6 heteroatoms. The average Bonchev–Trinajstić information content (AvgIpc) is 2.55. The molecule has 0 saturated carbocycles. The van der Waals surface area contributed by atoms with Gasteiger partial charge in [-0.1, -0.05) is 19.9 Å². The topological polar surface area (TPSA) is 71.0 Å². The van der Waals surface area contributed by atoms with Crippen molar-refractivity contribution in [2.45, 2.75) is 33.2 Å². The van der Waals surface area contributed by atoms with Gasteiger partial charge in [-0.15, -0.1) is 0 Å². The van der Waals surface area contributed by atoms with Crippen LogP contribution in [0.25, 0.3) is 0 Å². The molecule has 1 aliphatic heterocycles. The zero-order chi connectivity index (χ0) is 17.1. The molecule has 0 spiro atoms. The van der Waals surface area contributed by atoms with Gasteiger partial charge in [0.15, 0.2) is 0 Å². The lowest BCUT2D eigenvalue weighted by molar-refractivity contribution is 0.0940. The van der Waals surface area contributed by atoms with Gasteiger partial charge in [0.1, 0.15) is 17.3 Å². The summed E-state index contributed by atoms with van der Waals surface area (Å²) in [6, 6.07) is 3.97. The second kappa shape index (κ2) is 6.95. The molecule has 0 aliphatic carbocycles. The van der Waals surface area contributed by atoms with Gasteiger partial charge < -0.3 is 10.2 Å². The summed E-state index contributed by atoms with van der Waals surface area (Å²) >= 11 is 0. The van der Waals surface area contributed by atoms with E-state index in [1.807, 2.05) is 25.4 Å². The number of amides is 1. The van der Waals surface area contributed by atoms with Crippen molar-refractivity contribution in [2.24, 2.45) is 5.92 Å². The summed E-state index contributed by atoms with van der Waals surface area (Å²) in [5, 5.41) is 2.88. The van der Waals surface area contributed by atoms with Gasteiger partial charge in [-0.25, -0.2) is 9.97 Å². The molecule has 0 unspecified atom stereocenters. The van der Waals surface area contributed by atoms with Crippen LogP contribution >= 0.6 is 0 Å². The minimum Gasteiger partial charge on any atom is -0.355 e. The molecule has 0 saturated heterocycles. The number of anilines is 1. The van der Waals surface area contributed by atoms with Gasteiger partial charge in [0.05, 0.1) is 0 Å². The molecular weight excluding hydrogens is 302 g/mol. The van der Waals surface area contributed by atoms with Crippen molar-refractivity contribution in [3.8, 4) is 0 Å². The molecule has 1 amide bonds. The summed E-state index contributed by atoms with van der Waals surface area (Å²) in [5.41, 5.74) is 2.58. The first kappa shape index (κ1) is 16.4. The van der Waals surface area contributed by atoms with Crippen LogP contribution in [-0.4, -0.2) is 34.5 Å². The molecule has 2 aromatic rings. The van der Waals surface area contributed by atoms with Crippen LogP contribution in [0.5, 0.6) is 0 Å². The fourth-order valence-electron chi connectivity index (χ4n) is 2.93. The number of carbonyl (C=O) groups is 1. The van der Waals surface area contributed by atoms with E-state index in [0.29, 0.717) is 24.7 Å². The molecule has 0 aromatic carbocycles. The predicted molar refractivity (Wildman–Crippen MR) is 93.0 cm³/mol. The number of nitrogens with zero attached hydrogens (tertiary/aromatic N) is 4. The highest BCUT2D eigenvalue weighted by Crippen LogP contribution is 2.25. The Kier molecular flexibility index (Phi) is 4.74. The number of nitrogens with one attached hydrogen (secondary N) is 1. The molecule has 1 N–H and O–H groups in total. The van der Waals surface area contributed by atoms with Crippen LogP contribution < -0.4 is 10.2 Å². The summed E-state index contributed by atoms with van der Waals surface area (Å²) in [5.74, 6) is 1.93. The Morgan fingerprint density at radius 1 is 1.33 bits per heavy atom. The molecule has 3 rings (SSSR count). The van der Waals surface area contributed by atoms with Crippen LogP contribution in [0, 0.1) is 5.92 Å². The fraction of sp³-hybridized carbons (Fsp3) is 0.444. The van der Waals surface area contributed by atoms with E-state index in [2.05, 4.69) is 34.0 Å². The highest BCUT2D eigenvalue weighted by atomic mass is 16.1. The third kappa shape index (κ3) is 3.53. The molecule has 0 atom stereocenters. The lowest BCUT2D eigenvalue weighted by Gasteiger charge is -2.26. The van der Waals surface area contributed by atoms with E-state index in [1.165, 1.54) is 0 Å². The van der Waals surface area contributed by atoms with Crippen molar-refractivity contribution >= 4 is 11.7 Å². The van der Waals surface area contributed by atoms with Crippen LogP contribution in [0.3, 0.4) is 0 Å². The number of carbonyl (C=O) groups excluding carboxylic acids is 1. The Balaban J connectivity index is 1.98. The molecule has 2 aromatic heterocycles. The fourth-order valence-corrected chi connectivity index (χ4v) is 2.93. The quantitative estimate of drug-likeness (QED) is 0.910. The first-order chi connectivity index (χ1) is 11.5. The van der Waals surface area contributed by atoms with Gasteiger partial charge in [0, 0.05) is 44.5 Å². The number of hydrogen-bond acceptors (Lipinski definition) is 5. The lowest BCUT2D eigenvalue weighted by Crippen LogP contribution is -2.35. The molecule has 3 heterocycles. The Morgan fingerprint density at radius 2 is 2.17 bits per heavy atom. The SMILES string of the molecule is CC(C)Cc1nc2c(c(N(C)Cc3cccnc3)n1)CCNC2=O. The molecule has 0 fully saturated rings. The van der Waals surface area contributed by atoms with E-state index < -0.39 is 0 Å². The van der Waals surface area contributed by atoms with Crippen molar-refractivity contribution in [1.29, 1.82) is 0 Å². The Morgan fingerprint density at radius 3 is 2.88 bits per heavy atom. The van der Waals surface area contributed by atoms with E-state index in [9.17, 15) is 4.79 Å². The van der Waals surface area contributed by atoms with Crippen molar-refractivity contribution in [3.05, 3.63) is 47.2 Å². The van der Waals surface area contributed by atoms with E-state index >= 15 is 0 Å². The van der Waals surface area contributed by atoms with Crippen LogP contribution in [0.15, 0.2) is 24.5 Å². The Hall–Kier alpha value is -2.50. The number of pyridine rings is 1. The second-order valence-corrected chi connectivity index (χ2v) is 6.61. The molecular formula is C18H23N5O. The number of aromatic nitrogens is 3. The molecule has 24 heavy (non-hydrogen) atoms. The van der Waals surface area contributed by atoms with Gasteiger partial charge in [-0.2, -0.15) is 0 Å². The van der Waals surface area contributed by atoms with Crippen molar-refractivity contribution < 1.29 is 4.79 Å². The summed E-state index contributed by atoms with van der Waals surface area (Å²) in [7, 11) is 2.00. The predicted octanol–water partition coefficient (Wildman–Crippen LogP) is 1.99. The highest BCUT2D eigenvalue weighted by molar-refractivity contribution is 5.96. The maximum absolute atomic E-state index is 12.2. The Labute approximate surface area is 142 Å². The lowest BCUT2D eigenvalue weighted by atomic mass is 10.0. The van der Waals surface area contributed by atoms with E-state index in [0.717, 1.165) is 35.6 Å². The van der Waals surface area contributed by atoms with Gasteiger partial charge >= 0.3 is 0 Å². The van der Waals surface area contributed by atoms with Gasteiger partial charge in [-0.3, -0.25) is 9.78 Å². The second-order valence-electron chi connectivity index (χ2n) is 6.61. The largest absolute Gasteiger partial charge is 0.355 e. The molecule has 1 aliphatic rings. The van der Waals surface area contributed by atoms with Crippen LogP contribution in [0.2, 0.25) is 0 Å². The van der Waals surface area contributed by atoms with Gasteiger partial charge in [0.2, 0.25) is 0 Å². The number of hydrogen-bond donors (Lipinski definition) is 1. The number of fused-ring (bicyclic) bond motifs is 1. The van der Waals surface area contributed by atoms with Crippen molar-refractivity contribution in [3.63, 3.8) is 0 Å². The van der Waals surface area contributed by atoms with Gasteiger partial charge in [-0.05, 0) is 24.0 Å². The standard InChI is InChI=1S/C18H23N5O/c1-12(2)9-15-21-16-14(6-8-20-18(16)24)17(22-15)23(3)11-13-5-4-7-19-10-13/h4-5,7,10,12H,6,8-9,11H2,1-3H3,(H,20,24). The van der Waals surface area contributed by atoms with Gasteiger partial charge in [0.25, 0.3) is 5.91 Å². The highest BCUT2D eigenvalue weighted by Gasteiger charge is 2.25. The summed E-state index contributed by atoms with van der Waals surface area (Å²) in [4.78, 5) is 27.8. The summed E-state index contributed by atoms with van der Waals surface area (Å²) < 4.78 is 0. The zero-order valence-electron chi connectivity index (χ0n) is 14.4. The van der Waals surface area contributed by atoms with Crippen molar-refractivity contribution in [2.75, 3.05) is 18.5 Å². The summed E-state index contributed by atoms with van der Waals surface area (Å²) in [6.45, 7) is 5.58. The first-order valence-corrected chi connectivity index (χ1v) is 8.32. The molecule has 126 valence electrons.